The molecule has 9 unspecified atom stereocenters. The molecule has 0 amide bonds. The monoisotopic (exact) mass is 400 g/mol. The lowest BCUT2D eigenvalue weighted by atomic mass is 9.46. The fourth-order valence-corrected chi connectivity index (χ4v) is 8.43. The van der Waals surface area contributed by atoms with Crippen LogP contribution in [-0.4, -0.2) is 31.1 Å². The summed E-state index contributed by atoms with van der Waals surface area (Å²) in [6, 6.07) is 0. The van der Waals surface area contributed by atoms with E-state index in [1.165, 1.54) is 38.4 Å². The van der Waals surface area contributed by atoms with Crippen molar-refractivity contribution < 1.29 is 19.1 Å². The van der Waals surface area contributed by atoms with Crippen LogP contribution in [0.15, 0.2) is 11.6 Å². The molecule has 160 valence electrons. The van der Waals surface area contributed by atoms with Gasteiger partial charge in [0.25, 0.3) is 0 Å². The summed E-state index contributed by atoms with van der Waals surface area (Å²) in [4.78, 5) is 23.8. The van der Waals surface area contributed by atoms with Crippen LogP contribution in [0.5, 0.6) is 0 Å². The van der Waals surface area contributed by atoms with Gasteiger partial charge in [-0.3, -0.25) is 9.59 Å². The number of carbonyl (C=O) groups is 2. The summed E-state index contributed by atoms with van der Waals surface area (Å²) in [5, 5.41) is 0. The third-order valence-corrected chi connectivity index (χ3v) is 10.0. The van der Waals surface area contributed by atoms with Crippen molar-refractivity contribution >= 4 is 11.8 Å². The van der Waals surface area contributed by atoms with Crippen LogP contribution in [0.25, 0.3) is 0 Å². The molecule has 4 aliphatic carbocycles. The van der Waals surface area contributed by atoms with E-state index in [4.69, 9.17) is 9.47 Å². The van der Waals surface area contributed by atoms with Crippen LogP contribution in [0, 0.1) is 40.4 Å². The zero-order chi connectivity index (χ0) is 20.6. The Morgan fingerprint density at radius 2 is 2.03 bits per heavy atom. The Morgan fingerprint density at radius 1 is 1.24 bits per heavy atom. The first-order chi connectivity index (χ1) is 13.8. The molecule has 1 aliphatic heterocycles. The molecule has 9 atom stereocenters. The maximum atomic E-state index is 12.1. The first-order valence-corrected chi connectivity index (χ1v) is 11.8. The molecule has 0 spiro atoms. The van der Waals surface area contributed by atoms with Gasteiger partial charge in [-0.25, -0.2) is 0 Å². The molecule has 0 N–H and O–H groups in total. The van der Waals surface area contributed by atoms with Crippen molar-refractivity contribution in [3.8, 4) is 0 Å². The van der Waals surface area contributed by atoms with Gasteiger partial charge in [0.15, 0.2) is 5.78 Å². The van der Waals surface area contributed by atoms with Gasteiger partial charge in [-0.2, -0.15) is 0 Å². The molecule has 1 saturated heterocycles. The molecule has 0 aromatic carbocycles. The number of esters is 1. The van der Waals surface area contributed by atoms with Crippen LogP contribution < -0.4 is 0 Å². The van der Waals surface area contributed by atoms with Gasteiger partial charge in [0.1, 0.15) is 6.10 Å². The standard InChI is InChI=1S/C25H36O4/c1-14(5-8-20(27)28-4)16-6-7-17-21-18(10-12-24(16,17)2)25(3)11-9-15(26)13-19(25)22-23(21)29-22/h13-14,16-18,21-23H,5-12H2,1-4H3. The van der Waals surface area contributed by atoms with E-state index in [0.717, 1.165) is 18.8 Å². The molecule has 5 aliphatic rings. The molecule has 5 rings (SSSR count). The maximum absolute atomic E-state index is 12.1. The molecule has 0 radical (unpaired) electrons. The second kappa shape index (κ2) is 6.67. The lowest BCUT2D eigenvalue weighted by molar-refractivity contribution is -0.141. The van der Waals surface area contributed by atoms with E-state index in [2.05, 4.69) is 20.8 Å². The Morgan fingerprint density at radius 3 is 2.79 bits per heavy atom. The minimum Gasteiger partial charge on any atom is -0.469 e. The fraction of sp³-hybridized carbons (Fsp3) is 0.840. The Labute approximate surface area is 174 Å². The van der Waals surface area contributed by atoms with Gasteiger partial charge in [0.05, 0.1) is 13.2 Å². The Hall–Kier alpha value is -1.16. The van der Waals surface area contributed by atoms with Crippen LogP contribution in [0.2, 0.25) is 0 Å². The normalized spacial score (nSPS) is 48.6. The molecule has 1 heterocycles. The number of rotatable bonds is 4. The molecule has 4 fully saturated rings. The second-order valence-electron chi connectivity index (χ2n) is 11.1. The summed E-state index contributed by atoms with van der Waals surface area (Å²) in [7, 11) is 1.48. The molecule has 0 aromatic heterocycles. The van der Waals surface area contributed by atoms with Crippen molar-refractivity contribution in [2.24, 2.45) is 40.4 Å². The fourth-order valence-electron chi connectivity index (χ4n) is 8.43. The highest BCUT2D eigenvalue weighted by molar-refractivity contribution is 5.92. The van der Waals surface area contributed by atoms with Crippen molar-refractivity contribution in [1.29, 1.82) is 0 Å². The van der Waals surface area contributed by atoms with Crippen molar-refractivity contribution in [2.75, 3.05) is 7.11 Å². The van der Waals surface area contributed by atoms with E-state index in [0.29, 0.717) is 53.8 Å². The molecular weight excluding hydrogens is 364 g/mol. The minimum absolute atomic E-state index is 0.0825. The lowest BCUT2D eigenvalue weighted by Crippen LogP contribution is -2.53. The zero-order valence-electron chi connectivity index (χ0n) is 18.4. The quantitative estimate of drug-likeness (QED) is 0.506. The summed E-state index contributed by atoms with van der Waals surface area (Å²) in [5.74, 6) is 3.48. The van der Waals surface area contributed by atoms with Crippen LogP contribution in [0.4, 0.5) is 0 Å². The molecule has 0 bridgehead atoms. The predicted octanol–water partition coefficient (Wildman–Crippen LogP) is 4.71. The van der Waals surface area contributed by atoms with E-state index in [9.17, 15) is 9.59 Å². The van der Waals surface area contributed by atoms with E-state index >= 15 is 0 Å². The molecular formula is C25H36O4. The van der Waals surface area contributed by atoms with Gasteiger partial charge in [0.2, 0.25) is 0 Å². The summed E-state index contributed by atoms with van der Waals surface area (Å²) in [5.41, 5.74) is 1.84. The number of hydrogen-bond donors (Lipinski definition) is 0. The maximum Gasteiger partial charge on any atom is 0.305 e. The third-order valence-electron chi connectivity index (χ3n) is 10.0. The van der Waals surface area contributed by atoms with Crippen LogP contribution in [0.1, 0.15) is 72.1 Å². The number of methoxy groups -OCH3 is 1. The number of ether oxygens (including phenoxy) is 2. The van der Waals surface area contributed by atoms with Crippen molar-refractivity contribution in [3.05, 3.63) is 11.6 Å². The lowest BCUT2D eigenvalue weighted by Gasteiger charge is -2.57. The number of carbonyl (C=O) groups excluding carboxylic acids is 2. The molecule has 29 heavy (non-hydrogen) atoms. The molecule has 4 nitrogen and oxygen atoms in total. The second-order valence-corrected chi connectivity index (χ2v) is 11.1. The van der Waals surface area contributed by atoms with Crippen LogP contribution >= 0.6 is 0 Å². The Bertz CT molecular complexity index is 756. The molecule has 0 aromatic rings. The first-order valence-electron chi connectivity index (χ1n) is 11.8. The Kier molecular flexibility index (Phi) is 4.55. The van der Waals surface area contributed by atoms with Crippen molar-refractivity contribution in [1.82, 2.24) is 0 Å². The van der Waals surface area contributed by atoms with E-state index in [1.807, 2.05) is 6.08 Å². The first kappa shape index (κ1) is 19.8. The summed E-state index contributed by atoms with van der Waals surface area (Å²) < 4.78 is 11.2. The van der Waals surface area contributed by atoms with E-state index in [-0.39, 0.29) is 17.5 Å². The van der Waals surface area contributed by atoms with Crippen molar-refractivity contribution in [3.63, 3.8) is 0 Å². The summed E-state index contributed by atoms with van der Waals surface area (Å²) >= 11 is 0. The highest BCUT2D eigenvalue weighted by Crippen LogP contribution is 2.70. The van der Waals surface area contributed by atoms with Gasteiger partial charge in [-0.15, -0.1) is 0 Å². The van der Waals surface area contributed by atoms with Crippen molar-refractivity contribution in [2.45, 2.75) is 84.3 Å². The molecule has 4 heteroatoms. The Balaban J connectivity index is 1.39. The number of hydrogen-bond acceptors (Lipinski definition) is 4. The largest absolute Gasteiger partial charge is 0.469 e. The van der Waals surface area contributed by atoms with Crippen LogP contribution in [0.3, 0.4) is 0 Å². The minimum atomic E-state index is -0.0825. The van der Waals surface area contributed by atoms with Gasteiger partial charge in [0, 0.05) is 12.8 Å². The SMILES string of the molecule is COC(=O)CCC(C)C1CCC2C3C4OC4C4=CC(=O)CCC4(C)C3CCC12C. The predicted molar refractivity (Wildman–Crippen MR) is 110 cm³/mol. The smallest absolute Gasteiger partial charge is 0.305 e. The summed E-state index contributed by atoms with van der Waals surface area (Å²) in [6.07, 6.45) is 10.8. The van der Waals surface area contributed by atoms with E-state index < -0.39 is 0 Å². The van der Waals surface area contributed by atoms with Crippen LogP contribution in [-0.2, 0) is 19.1 Å². The highest BCUT2D eigenvalue weighted by Gasteiger charge is 2.69. The average Bonchev–Trinajstić information content (AvgIpc) is 3.41. The van der Waals surface area contributed by atoms with Gasteiger partial charge >= 0.3 is 5.97 Å². The average molecular weight is 401 g/mol. The third kappa shape index (κ3) is 2.80. The van der Waals surface area contributed by atoms with Gasteiger partial charge in [-0.05, 0) is 90.6 Å². The zero-order valence-corrected chi connectivity index (χ0v) is 18.4. The number of ketones is 1. The molecule has 3 saturated carbocycles. The van der Waals surface area contributed by atoms with E-state index in [1.54, 1.807) is 0 Å². The topological polar surface area (TPSA) is 55.9 Å². The van der Waals surface area contributed by atoms with Gasteiger partial charge in [-0.1, -0.05) is 20.8 Å². The number of fused-ring (bicyclic) bond motifs is 8. The number of epoxide rings is 1. The van der Waals surface area contributed by atoms with Gasteiger partial charge < -0.3 is 9.47 Å². The highest BCUT2D eigenvalue weighted by atomic mass is 16.6. The summed E-state index contributed by atoms with van der Waals surface area (Å²) in [6.45, 7) is 7.31.